The maximum absolute atomic E-state index is 12.0. The molecule has 1 fully saturated rings. The second-order valence-electron chi connectivity index (χ2n) is 3.31. The summed E-state index contributed by atoms with van der Waals surface area (Å²) in [7, 11) is 0. The summed E-state index contributed by atoms with van der Waals surface area (Å²) in [6.07, 6.45) is 0.994. The highest BCUT2D eigenvalue weighted by molar-refractivity contribution is 4.78. The third-order valence-electron chi connectivity index (χ3n) is 2.60. The van der Waals surface area contributed by atoms with Gasteiger partial charge in [0.15, 0.2) is 0 Å². The molecule has 0 aromatic carbocycles. The highest BCUT2D eigenvalue weighted by Crippen LogP contribution is 2.34. The molecule has 1 saturated carbocycles. The molecule has 0 spiro atoms. The minimum absolute atomic E-state index is 0.0574. The number of halogens is 2. The zero-order valence-electron chi connectivity index (χ0n) is 6.60. The Kier molecular flexibility index (Phi) is 3.24. The standard InChI is InChI=1S/C8H15F2N/c9-8(10)4-6-2-1-3-7(6)5-11/h6-8H,1-5,11H2. The lowest BCUT2D eigenvalue weighted by Crippen LogP contribution is -2.20. The van der Waals surface area contributed by atoms with Gasteiger partial charge in [-0.25, -0.2) is 8.78 Å². The first-order valence-corrected chi connectivity index (χ1v) is 4.22. The number of hydrogen-bond acceptors (Lipinski definition) is 1. The summed E-state index contributed by atoms with van der Waals surface area (Å²) in [6.45, 7) is 0.581. The Morgan fingerprint density at radius 1 is 1.27 bits per heavy atom. The zero-order chi connectivity index (χ0) is 8.27. The number of nitrogens with two attached hydrogens (primary N) is 1. The Bertz CT molecular complexity index is 117. The lowest BCUT2D eigenvalue weighted by atomic mass is 9.93. The molecule has 3 heteroatoms. The summed E-state index contributed by atoms with van der Waals surface area (Å²) >= 11 is 0. The number of alkyl halides is 2. The largest absolute Gasteiger partial charge is 0.330 e. The molecule has 0 aromatic rings. The minimum atomic E-state index is -2.15. The fraction of sp³-hybridized carbons (Fsp3) is 1.00. The van der Waals surface area contributed by atoms with Crippen LogP contribution in [0, 0.1) is 11.8 Å². The molecule has 2 unspecified atom stereocenters. The summed E-state index contributed by atoms with van der Waals surface area (Å²) in [4.78, 5) is 0. The zero-order valence-corrected chi connectivity index (χ0v) is 6.60. The summed E-state index contributed by atoms with van der Waals surface area (Å²) in [6, 6.07) is 0. The molecule has 0 aromatic heterocycles. The van der Waals surface area contributed by atoms with E-state index in [0.717, 1.165) is 19.3 Å². The van der Waals surface area contributed by atoms with Crippen LogP contribution in [0.5, 0.6) is 0 Å². The van der Waals surface area contributed by atoms with Crippen molar-refractivity contribution in [2.24, 2.45) is 17.6 Å². The van der Waals surface area contributed by atoms with Gasteiger partial charge < -0.3 is 5.73 Å². The van der Waals surface area contributed by atoms with Gasteiger partial charge in [0, 0.05) is 6.42 Å². The maximum atomic E-state index is 12.0. The van der Waals surface area contributed by atoms with Crippen LogP contribution in [0.3, 0.4) is 0 Å². The summed E-state index contributed by atoms with van der Waals surface area (Å²) in [5.41, 5.74) is 5.46. The fourth-order valence-corrected chi connectivity index (χ4v) is 1.96. The van der Waals surface area contributed by atoms with Gasteiger partial charge >= 0.3 is 0 Å². The fourth-order valence-electron chi connectivity index (χ4n) is 1.96. The van der Waals surface area contributed by atoms with Gasteiger partial charge in [-0.2, -0.15) is 0 Å². The van der Waals surface area contributed by atoms with Crippen molar-refractivity contribution in [2.45, 2.75) is 32.1 Å². The molecule has 66 valence electrons. The average molecular weight is 163 g/mol. The van der Waals surface area contributed by atoms with Crippen LogP contribution in [0.15, 0.2) is 0 Å². The van der Waals surface area contributed by atoms with Crippen molar-refractivity contribution in [3.8, 4) is 0 Å². The SMILES string of the molecule is NCC1CCCC1CC(F)F. The first kappa shape index (κ1) is 8.91. The Balaban J connectivity index is 2.31. The van der Waals surface area contributed by atoms with Crippen molar-refractivity contribution in [2.75, 3.05) is 6.54 Å². The van der Waals surface area contributed by atoms with Gasteiger partial charge in [0.1, 0.15) is 0 Å². The molecule has 1 nitrogen and oxygen atoms in total. The predicted octanol–water partition coefficient (Wildman–Crippen LogP) is 2.02. The van der Waals surface area contributed by atoms with E-state index in [0.29, 0.717) is 12.5 Å². The van der Waals surface area contributed by atoms with E-state index in [1.54, 1.807) is 0 Å². The second kappa shape index (κ2) is 4.00. The monoisotopic (exact) mass is 163 g/mol. The van der Waals surface area contributed by atoms with Crippen LogP contribution < -0.4 is 5.73 Å². The molecule has 2 N–H and O–H groups in total. The molecule has 11 heavy (non-hydrogen) atoms. The van der Waals surface area contributed by atoms with Crippen molar-refractivity contribution in [1.82, 2.24) is 0 Å². The van der Waals surface area contributed by atoms with E-state index in [9.17, 15) is 8.78 Å². The van der Waals surface area contributed by atoms with E-state index in [1.165, 1.54) is 0 Å². The molecule has 1 rings (SSSR count). The van der Waals surface area contributed by atoms with Crippen LogP contribution in [-0.4, -0.2) is 13.0 Å². The first-order chi connectivity index (χ1) is 5.24. The smallest absolute Gasteiger partial charge is 0.238 e. The molecular weight excluding hydrogens is 148 g/mol. The second-order valence-corrected chi connectivity index (χ2v) is 3.31. The van der Waals surface area contributed by atoms with Gasteiger partial charge in [0.25, 0.3) is 0 Å². The molecule has 0 radical (unpaired) electrons. The van der Waals surface area contributed by atoms with Gasteiger partial charge in [-0.05, 0) is 31.2 Å². The third kappa shape index (κ3) is 2.40. The Hall–Kier alpha value is -0.180. The highest BCUT2D eigenvalue weighted by atomic mass is 19.3. The van der Waals surface area contributed by atoms with E-state index in [-0.39, 0.29) is 12.3 Å². The maximum Gasteiger partial charge on any atom is 0.238 e. The molecule has 1 aliphatic carbocycles. The number of hydrogen-bond donors (Lipinski definition) is 1. The number of rotatable bonds is 3. The van der Waals surface area contributed by atoms with Gasteiger partial charge in [-0.15, -0.1) is 0 Å². The van der Waals surface area contributed by atoms with Gasteiger partial charge in [-0.1, -0.05) is 6.42 Å². The summed E-state index contributed by atoms with van der Waals surface area (Å²) in [5.74, 6) is 0.559. The normalized spacial score (nSPS) is 31.6. The minimum Gasteiger partial charge on any atom is -0.330 e. The van der Waals surface area contributed by atoms with Crippen LogP contribution in [0.4, 0.5) is 8.78 Å². The van der Waals surface area contributed by atoms with Crippen molar-refractivity contribution in [1.29, 1.82) is 0 Å². The molecule has 1 aliphatic rings. The quantitative estimate of drug-likeness (QED) is 0.676. The average Bonchev–Trinajstić information content (AvgIpc) is 2.34. The van der Waals surface area contributed by atoms with Crippen molar-refractivity contribution in [3.63, 3.8) is 0 Å². The van der Waals surface area contributed by atoms with Gasteiger partial charge in [0.05, 0.1) is 0 Å². The Morgan fingerprint density at radius 3 is 2.45 bits per heavy atom. The molecule has 0 saturated heterocycles. The molecule has 0 amide bonds. The van der Waals surface area contributed by atoms with E-state index in [1.807, 2.05) is 0 Å². The Labute approximate surface area is 66.0 Å². The van der Waals surface area contributed by atoms with Crippen LogP contribution >= 0.6 is 0 Å². The lowest BCUT2D eigenvalue weighted by molar-refractivity contribution is 0.105. The van der Waals surface area contributed by atoms with Crippen molar-refractivity contribution >= 4 is 0 Å². The van der Waals surface area contributed by atoms with E-state index in [4.69, 9.17) is 5.73 Å². The first-order valence-electron chi connectivity index (χ1n) is 4.22. The molecule has 0 bridgehead atoms. The Morgan fingerprint density at radius 2 is 1.91 bits per heavy atom. The highest BCUT2D eigenvalue weighted by Gasteiger charge is 2.28. The molecule has 2 atom stereocenters. The molecule has 0 aliphatic heterocycles. The topological polar surface area (TPSA) is 26.0 Å². The molecular formula is C8H15F2N. The van der Waals surface area contributed by atoms with Crippen LogP contribution in [0.25, 0.3) is 0 Å². The lowest BCUT2D eigenvalue weighted by Gasteiger charge is -2.16. The van der Waals surface area contributed by atoms with Crippen LogP contribution in [0.1, 0.15) is 25.7 Å². The summed E-state index contributed by atoms with van der Waals surface area (Å²) < 4.78 is 23.9. The van der Waals surface area contributed by atoms with Crippen LogP contribution in [-0.2, 0) is 0 Å². The van der Waals surface area contributed by atoms with E-state index in [2.05, 4.69) is 0 Å². The van der Waals surface area contributed by atoms with E-state index >= 15 is 0 Å². The van der Waals surface area contributed by atoms with Gasteiger partial charge in [-0.3, -0.25) is 0 Å². The predicted molar refractivity (Wildman–Crippen MR) is 40.5 cm³/mol. The van der Waals surface area contributed by atoms with Gasteiger partial charge in [0.2, 0.25) is 6.43 Å². The van der Waals surface area contributed by atoms with Crippen molar-refractivity contribution < 1.29 is 8.78 Å². The van der Waals surface area contributed by atoms with Crippen molar-refractivity contribution in [3.05, 3.63) is 0 Å². The summed E-state index contributed by atoms with van der Waals surface area (Å²) in [5, 5.41) is 0. The van der Waals surface area contributed by atoms with Crippen LogP contribution in [0.2, 0.25) is 0 Å². The third-order valence-corrected chi connectivity index (χ3v) is 2.60. The molecule has 0 heterocycles. The van der Waals surface area contributed by atoms with E-state index < -0.39 is 6.43 Å².